The van der Waals surface area contributed by atoms with E-state index in [4.69, 9.17) is 9.47 Å². The van der Waals surface area contributed by atoms with E-state index in [1.807, 2.05) is 66.9 Å². The molecule has 0 radical (unpaired) electrons. The van der Waals surface area contributed by atoms with Crippen molar-refractivity contribution in [2.75, 3.05) is 19.8 Å². The number of aliphatic hydroxyl groups is 1. The van der Waals surface area contributed by atoms with Crippen LogP contribution in [0.2, 0.25) is 0 Å². The van der Waals surface area contributed by atoms with Crippen LogP contribution in [0.1, 0.15) is 55.2 Å². The highest BCUT2D eigenvalue weighted by molar-refractivity contribution is 5.87. The van der Waals surface area contributed by atoms with E-state index in [1.54, 1.807) is 19.1 Å². The van der Waals surface area contributed by atoms with Crippen molar-refractivity contribution in [2.24, 2.45) is 5.92 Å². The molecule has 0 saturated carbocycles. The first-order valence-corrected chi connectivity index (χ1v) is 18.0. The number of allylic oxidation sites excluding steroid dienone is 2. The first-order valence-electron chi connectivity index (χ1n) is 18.0. The monoisotopic (exact) mass is 720 g/mol. The van der Waals surface area contributed by atoms with E-state index >= 15 is 0 Å². The maximum atomic E-state index is 13.6. The molecule has 53 heavy (non-hydrogen) atoms. The van der Waals surface area contributed by atoms with Gasteiger partial charge < -0.3 is 35.5 Å². The highest BCUT2D eigenvalue weighted by atomic mass is 16.6. The van der Waals surface area contributed by atoms with Gasteiger partial charge in [0.25, 0.3) is 0 Å². The number of aromatic amines is 1. The fraction of sp³-hybridized carbons (Fsp3) is 0.333. The summed E-state index contributed by atoms with van der Waals surface area (Å²) in [5.74, 6) is -2.35. The lowest BCUT2D eigenvalue weighted by atomic mass is 9.98. The Labute approximate surface area is 309 Å². The minimum Gasteiger partial charge on any atom is -0.462 e. The van der Waals surface area contributed by atoms with Crippen molar-refractivity contribution in [2.45, 2.75) is 63.1 Å². The lowest BCUT2D eigenvalue weighted by Gasteiger charge is -2.24. The quantitative estimate of drug-likeness (QED) is 0.0615. The molecule has 11 nitrogen and oxygen atoms in total. The van der Waals surface area contributed by atoms with Crippen LogP contribution in [0, 0.1) is 5.92 Å². The standard InChI is InChI=1S/C42H48N4O7/c1-4-6-19-38(46-42(51)53-26-36-34-17-9-7-15-32(34)33-16-8-10-18-35(33)36)41(50)52-25-30(21-29-23-43-37-20-12-11-14-31(29)37)45-40(49)28(13-5-2)22-39(48)44-27(3)24-47/h4-5,7-12,14-18,20,23,27-28,30,36,38,43,47H,1-2,6,13,19,21-22,24-26H2,3H3,(H,44,48)(H,45,49)(H,46,51)/t27-,28+,30-,38-/m0/s1. The molecule has 11 heteroatoms. The van der Waals surface area contributed by atoms with Gasteiger partial charge in [-0.25, -0.2) is 9.59 Å². The van der Waals surface area contributed by atoms with E-state index in [0.717, 1.165) is 38.7 Å². The number of para-hydroxylation sites is 1. The Kier molecular flexibility index (Phi) is 13.6. The maximum Gasteiger partial charge on any atom is 0.407 e. The average Bonchev–Trinajstić information content (AvgIpc) is 3.72. The smallest absolute Gasteiger partial charge is 0.407 e. The van der Waals surface area contributed by atoms with Crippen LogP contribution in [0.5, 0.6) is 0 Å². The van der Waals surface area contributed by atoms with Crippen molar-refractivity contribution < 1.29 is 33.8 Å². The molecule has 0 saturated heterocycles. The maximum absolute atomic E-state index is 13.6. The summed E-state index contributed by atoms with van der Waals surface area (Å²) in [6.45, 7) is 8.82. The molecular formula is C42H48N4O7. The SMILES string of the molecule is C=CCC[C@H](NC(=O)OCC1c2ccccc2-c2ccccc21)C(=O)OC[C@H](Cc1c[nH]c2ccccc12)NC(=O)[C@H](CC=C)CC(=O)N[C@@H](C)CO. The van der Waals surface area contributed by atoms with Crippen molar-refractivity contribution in [1.82, 2.24) is 20.9 Å². The van der Waals surface area contributed by atoms with Gasteiger partial charge >= 0.3 is 12.1 Å². The van der Waals surface area contributed by atoms with Crippen LogP contribution in [-0.2, 0) is 30.3 Å². The second-order valence-corrected chi connectivity index (χ2v) is 13.4. The van der Waals surface area contributed by atoms with Crippen LogP contribution in [0.3, 0.4) is 0 Å². The number of benzene rings is 3. The number of amides is 3. The lowest BCUT2D eigenvalue weighted by Crippen LogP contribution is -2.47. The van der Waals surface area contributed by atoms with E-state index in [1.165, 1.54) is 0 Å². The molecular weight excluding hydrogens is 672 g/mol. The number of esters is 1. The highest BCUT2D eigenvalue weighted by Crippen LogP contribution is 2.44. The van der Waals surface area contributed by atoms with Gasteiger partial charge in [-0.3, -0.25) is 9.59 Å². The molecule has 0 aliphatic heterocycles. The summed E-state index contributed by atoms with van der Waals surface area (Å²) in [6, 6.07) is 21.6. The molecule has 4 aromatic rings. The number of fused-ring (bicyclic) bond motifs is 4. The molecule has 1 aliphatic carbocycles. The zero-order chi connectivity index (χ0) is 37.7. The third-order valence-corrected chi connectivity index (χ3v) is 9.43. The number of aliphatic hydroxyl groups excluding tert-OH is 1. The number of ether oxygens (including phenoxy) is 2. The first-order chi connectivity index (χ1) is 25.7. The Hall–Kier alpha value is -5.68. The van der Waals surface area contributed by atoms with Gasteiger partial charge in [-0.2, -0.15) is 0 Å². The second-order valence-electron chi connectivity index (χ2n) is 13.4. The largest absolute Gasteiger partial charge is 0.462 e. The molecule has 1 heterocycles. The molecule has 3 amide bonds. The minimum absolute atomic E-state index is 0.0879. The van der Waals surface area contributed by atoms with Gasteiger partial charge in [-0.1, -0.05) is 78.9 Å². The molecule has 5 N–H and O–H groups in total. The summed E-state index contributed by atoms with van der Waals surface area (Å²) in [6.07, 6.45) is 5.42. The predicted molar refractivity (Wildman–Crippen MR) is 204 cm³/mol. The minimum atomic E-state index is -1.03. The van der Waals surface area contributed by atoms with Crippen molar-refractivity contribution in [3.63, 3.8) is 0 Å². The predicted octanol–water partition coefficient (Wildman–Crippen LogP) is 5.69. The summed E-state index contributed by atoms with van der Waals surface area (Å²) in [4.78, 5) is 56.2. The summed E-state index contributed by atoms with van der Waals surface area (Å²) < 4.78 is 11.5. The molecule has 0 bridgehead atoms. The Morgan fingerprint density at radius 3 is 2.25 bits per heavy atom. The van der Waals surface area contributed by atoms with Gasteiger partial charge in [0.2, 0.25) is 11.8 Å². The zero-order valence-corrected chi connectivity index (χ0v) is 30.0. The Morgan fingerprint density at radius 2 is 1.57 bits per heavy atom. The third kappa shape index (κ3) is 10.0. The number of aromatic nitrogens is 1. The van der Waals surface area contributed by atoms with Gasteiger partial charge in [0, 0.05) is 35.5 Å². The number of hydrogen-bond acceptors (Lipinski definition) is 7. The van der Waals surface area contributed by atoms with E-state index in [9.17, 15) is 24.3 Å². The van der Waals surface area contributed by atoms with Crippen LogP contribution in [0.4, 0.5) is 4.79 Å². The highest BCUT2D eigenvalue weighted by Gasteiger charge is 2.31. The van der Waals surface area contributed by atoms with Crippen molar-refractivity contribution in [1.29, 1.82) is 0 Å². The molecule has 278 valence electrons. The molecule has 3 aromatic carbocycles. The summed E-state index contributed by atoms with van der Waals surface area (Å²) >= 11 is 0. The zero-order valence-electron chi connectivity index (χ0n) is 30.0. The van der Waals surface area contributed by atoms with E-state index in [0.29, 0.717) is 12.8 Å². The molecule has 5 rings (SSSR count). The number of H-pyrrole nitrogens is 1. The third-order valence-electron chi connectivity index (χ3n) is 9.43. The second kappa shape index (κ2) is 18.7. The number of nitrogens with one attached hydrogen (secondary N) is 4. The van der Waals surface area contributed by atoms with Crippen molar-refractivity contribution in [3.05, 3.63) is 121 Å². The van der Waals surface area contributed by atoms with Gasteiger partial charge in [-0.15, -0.1) is 13.2 Å². The summed E-state index contributed by atoms with van der Waals surface area (Å²) in [7, 11) is 0. The normalized spacial score (nSPS) is 14.2. The van der Waals surface area contributed by atoms with Gasteiger partial charge in [0.1, 0.15) is 19.3 Å². The van der Waals surface area contributed by atoms with Crippen LogP contribution in [0.15, 0.2) is 104 Å². The molecule has 1 aliphatic rings. The average molecular weight is 721 g/mol. The summed E-state index contributed by atoms with van der Waals surface area (Å²) in [5.41, 5.74) is 6.17. The number of hydrogen-bond donors (Lipinski definition) is 5. The number of carbonyl (C=O) groups excluding carboxylic acids is 4. The number of rotatable bonds is 19. The van der Waals surface area contributed by atoms with E-state index < -0.39 is 42.0 Å². The first kappa shape index (κ1) is 38.5. The molecule has 0 spiro atoms. The Balaban J connectivity index is 1.25. The Bertz CT molecular complexity index is 1870. The lowest BCUT2D eigenvalue weighted by molar-refractivity contribution is -0.147. The molecule has 0 unspecified atom stereocenters. The van der Waals surface area contributed by atoms with E-state index in [2.05, 4.69) is 46.2 Å². The fourth-order valence-corrected chi connectivity index (χ4v) is 6.72. The van der Waals surface area contributed by atoms with Crippen LogP contribution in [0.25, 0.3) is 22.0 Å². The van der Waals surface area contributed by atoms with Crippen molar-refractivity contribution >= 4 is 34.8 Å². The summed E-state index contributed by atoms with van der Waals surface area (Å²) in [5, 5.41) is 18.6. The van der Waals surface area contributed by atoms with Crippen LogP contribution in [-0.4, -0.2) is 71.9 Å². The van der Waals surface area contributed by atoms with Crippen molar-refractivity contribution in [3.8, 4) is 11.1 Å². The van der Waals surface area contributed by atoms with E-state index in [-0.39, 0.29) is 50.9 Å². The fourth-order valence-electron chi connectivity index (χ4n) is 6.72. The number of alkyl carbamates (subject to hydrolysis) is 1. The van der Waals surface area contributed by atoms with Crippen LogP contribution < -0.4 is 16.0 Å². The Morgan fingerprint density at radius 1 is 0.887 bits per heavy atom. The molecule has 1 aromatic heterocycles. The van der Waals surface area contributed by atoms with Gasteiger partial charge in [0.05, 0.1) is 18.6 Å². The van der Waals surface area contributed by atoms with Gasteiger partial charge in [0.15, 0.2) is 0 Å². The number of carbonyl (C=O) groups is 4. The molecule has 4 atom stereocenters. The molecule has 0 fully saturated rings. The van der Waals surface area contributed by atoms with Gasteiger partial charge in [-0.05, 0) is 66.5 Å². The topological polar surface area (TPSA) is 159 Å². The van der Waals surface area contributed by atoms with Crippen LogP contribution >= 0.6 is 0 Å².